The highest BCUT2D eigenvalue weighted by Gasteiger charge is 2.33. The first-order chi connectivity index (χ1) is 15.0. The number of hydrogen-bond acceptors (Lipinski definition) is 5. The number of hydrogen-bond donors (Lipinski definition) is 1. The van der Waals surface area contributed by atoms with Crippen LogP contribution in [0.2, 0.25) is 0 Å². The van der Waals surface area contributed by atoms with Crippen LogP contribution in [0.1, 0.15) is 43.5 Å². The lowest BCUT2D eigenvalue weighted by atomic mass is 9.81. The molecule has 2 aliphatic heterocycles. The third-order valence-electron chi connectivity index (χ3n) is 6.13. The van der Waals surface area contributed by atoms with Gasteiger partial charge in [0.25, 0.3) is 0 Å². The van der Waals surface area contributed by atoms with Crippen molar-refractivity contribution in [2.45, 2.75) is 33.1 Å². The smallest absolute Gasteiger partial charge is 0.338 e. The minimum atomic E-state index is -0.407. The van der Waals surface area contributed by atoms with Gasteiger partial charge in [-0.2, -0.15) is 0 Å². The molecule has 0 spiro atoms. The van der Waals surface area contributed by atoms with Gasteiger partial charge >= 0.3 is 12.0 Å². The third-order valence-corrected chi connectivity index (χ3v) is 6.13. The summed E-state index contributed by atoms with van der Waals surface area (Å²) in [4.78, 5) is 41.1. The molecule has 2 aliphatic rings. The summed E-state index contributed by atoms with van der Waals surface area (Å²) in [6.45, 7) is 7.97. The maximum Gasteiger partial charge on any atom is 0.338 e. The molecular weight excluding hydrogens is 398 g/mol. The van der Waals surface area contributed by atoms with Crippen LogP contribution in [0.5, 0.6) is 0 Å². The second kappa shape index (κ2) is 11.1. The largest absolute Gasteiger partial charge is 0.462 e. The number of morpholine rings is 1. The molecule has 8 heteroatoms. The van der Waals surface area contributed by atoms with Gasteiger partial charge in [0.1, 0.15) is 0 Å². The Balaban J connectivity index is 1.55. The van der Waals surface area contributed by atoms with Gasteiger partial charge in [-0.3, -0.25) is 4.79 Å². The number of nitrogens with one attached hydrogen (secondary N) is 1. The van der Waals surface area contributed by atoms with Crippen molar-refractivity contribution in [1.82, 2.24) is 9.80 Å². The molecule has 1 aromatic carbocycles. The fraction of sp³-hybridized carbons (Fsp3) is 0.609. The fourth-order valence-corrected chi connectivity index (χ4v) is 4.30. The summed E-state index contributed by atoms with van der Waals surface area (Å²) in [5, 5.41) is 2.89. The van der Waals surface area contributed by atoms with Crippen LogP contribution in [0.15, 0.2) is 24.3 Å². The van der Waals surface area contributed by atoms with E-state index in [4.69, 9.17) is 9.47 Å². The highest BCUT2D eigenvalue weighted by atomic mass is 16.5. The van der Waals surface area contributed by atoms with E-state index >= 15 is 0 Å². The second-order valence-corrected chi connectivity index (χ2v) is 8.09. The molecule has 31 heavy (non-hydrogen) atoms. The molecule has 8 nitrogen and oxygen atoms in total. The molecule has 1 N–H and O–H groups in total. The maximum absolute atomic E-state index is 12.8. The maximum atomic E-state index is 12.8. The molecule has 3 amide bonds. The van der Waals surface area contributed by atoms with Crippen LogP contribution in [0.3, 0.4) is 0 Å². The Hall–Kier alpha value is -2.61. The second-order valence-electron chi connectivity index (χ2n) is 8.09. The van der Waals surface area contributed by atoms with Crippen molar-refractivity contribution in [3.05, 3.63) is 29.8 Å². The highest BCUT2D eigenvalue weighted by molar-refractivity contribution is 5.94. The average molecular weight is 432 g/mol. The minimum absolute atomic E-state index is 0.183. The monoisotopic (exact) mass is 431 g/mol. The minimum Gasteiger partial charge on any atom is -0.462 e. The van der Waals surface area contributed by atoms with E-state index in [9.17, 15) is 14.4 Å². The number of urea groups is 1. The summed E-state index contributed by atoms with van der Waals surface area (Å²) in [6.07, 6.45) is 2.27. The van der Waals surface area contributed by atoms with Crippen LogP contribution in [-0.2, 0) is 14.3 Å². The van der Waals surface area contributed by atoms with Gasteiger partial charge < -0.3 is 24.6 Å². The van der Waals surface area contributed by atoms with Gasteiger partial charge in [0.05, 0.1) is 25.4 Å². The number of carbonyl (C=O) groups is 3. The standard InChI is InChI=1S/C23H33N3O5/c1-3-17-16-26(9-8-18(17)15-21(27)25-10-12-30-13-11-25)23(29)24-20-7-5-6-19(14-20)22(28)31-4-2/h5-7,14,17-18H,3-4,8-13,15-16H2,1-2H3,(H,24,29)/t17-,18-/m0/s1. The molecule has 0 aliphatic carbocycles. The Bertz CT molecular complexity index is 778. The van der Waals surface area contributed by atoms with Crippen LogP contribution in [0.25, 0.3) is 0 Å². The molecule has 2 fully saturated rings. The number of nitrogens with zero attached hydrogens (tertiary/aromatic N) is 2. The predicted octanol–water partition coefficient (Wildman–Crippen LogP) is 2.99. The quantitative estimate of drug-likeness (QED) is 0.700. The molecule has 0 saturated carbocycles. The van der Waals surface area contributed by atoms with Crippen molar-refractivity contribution in [3.8, 4) is 0 Å². The van der Waals surface area contributed by atoms with E-state index in [0.717, 1.165) is 12.8 Å². The highest BCUT2D eigenvalue weighted by Crippen LogP contribution is 2.30. The van der Waals surface area contributed by atoms with E-state index < -0.39 is 5.97 Å². The zero-order valence-electron chi connectivity index (χ0n) is 18.5. The summed E-state index contributed by atoms with van der Waals surface area (Å²) in [5.41, 5.74) is 0.972. The summed E-state index contributed by atoms with van der Waals surface area (Å²) >= 11 is 0. The number of amides is 3. The van der Waals surface area contributed by atoms with Crippen molar-refractivity contribution in [2.24, 2.45) is 11.8 Å². The molecule has 2 saturated heterocycles. The third kappa shape index (κ3) is 6.19. The molecule has 3 rings (SSSR count). The van der Waals surface area contributed by atoms with E-state index in [2.05, 4.69) is 12.2 Å². The van der Waals surface area contributed by atoms with Gasteiger partial charge in [0.2, 0.25) is 5.91 Å². The van der Waals surface area contributed by atoms with Crippen LogP contribution in [0, 0.1) is 11.8 Å². The lowest BCUT2D eigenvalue weighted by Crippen LogP contribution is -2.47. The first-order valence-corrected chi connectivity index (χ1v) is 11.2. The molecule has 0 aromatic heterocycles. The molecule has 2 heterocycles. The Labute approximate surface area is 183 Å². The van der Waals surface area contributed by atoms with E-state index in [1.165, 1.54) is 0 Å². The normalized spacial score (nSPS) is 21.5. The topological polar surface area (TPSA) is 88.2 Å². The van der Waals surface area contributed by atoms with Gasteiger partial charge in [0, 0.05) is 38.3 Å². The number of likely N-dealkylation sites (tertiary alicyclic amines) is 1. The number of carbonyl (C=O) groups excluding carboxylic acids is 3. The van der Waals surface area contributed by atoms with Gasteiger partial charge in [-0.05, 0) is 43.4 Å². The molecule has 0 unspecified atom stereocenters. The van der Waals surface area contributed by atoms with E-state index in [0.29, 0.717) is 63.7 Å². The van der Waals surface area contributed by atoms with Crippen LogP contribution in [0.4, 0.5) is 10.5 Å². The van der Waals surface area contributed by atoms with Gasteiger partial charge in [-0.1, -0.05) is 19.4 Å². The molecule has 2 atom stereocenters. The Morgan fingerprint density at radius 1 is 1.10 bits per heavy atom. The number of ether oxygens (including phenoxy) is 2. The van der Waals surface area contributed by atoms with Gasteiger partial charge in [-0.15, -0.1) is 0 Å². The van der Waals surface area contributed by atoms with Crippen molar-refractivity contribution in [1.29, 1.82) is 0 Å². The molecule has 0 radical (unpaired) electrons. The number of piperidine rings is 1. The lowest BCUT2D eigenvalue weighted by molar-refractivity contribution is -0.137. The summed E-state index contributed by atoms with van der Waals surface area (Å²) in [6, 6.07) is 6.59. The predicted molar refractivity (Wildman–Crippen MR) is 117 cm³/mol. The fourth-order valence-electron chi connectivity index (χ4n) is 4.30. The lowest BCUT2D eigenvalue weighted by Gasteiger charge is -2.39. The van der Waals surface area contributed by atoms with Crippen molar-refractivity contribution in [2.75, 3.05) is 51.3 Å². The Morgan fingerprint density at radius 3 is 2.58 bits per heavy atom. The number of anilines is 1. The Kier molecular flexibility index (Phi) is 8.28. The average Bonchev–Trinajstić information content (AvgIpc) is 2.80. The SMILES string of the molecule is CCOC(=O)c1cccc(NC(=O)N2CC[C@@H](CC(=O)N3CCOCC3)[C@@H](CC)C2)c1. The summed E-state index contributed by atoms with van der Waals surface area (Å²) < 4.78 is 10.4. The Morgan fingerprint density at radius 2 is 1.87 bits per heavy atom. The van der Waals surface area contributed by atoms with Crippen LogP contribution >= 0.6 is 0 Å². The first kappa shape index (κ1) is 23.1. The van der Waals surface area contributed by atoms with Crippen LogP contribution in [-0.4, -0.2) is 73.7 Å². The number of esters is 1. The molecule has 0 bridgehead atoms. The van der Waals surface area contributed by atoms with Crippen molar-refractivity contribution >= 4 is 23.6 Å². The molecule has 1 aromatic rings. The number of benzene rings is 1. The van der Waals surface area contributed by atoms with E-state index in [1.54, 1.807) is 36.1 Å². The number of rotatable bonds is 6. The zero-order valence-corrected chi connectivity index (χ0v) is 18.5. The molecule has 170 valence electrons. The van der Waals surface area contributed by atoms with E-state index in [-0.39, 0.29) is 23.8 Å². The first-order valence-electron chi connectivity index (χ1n) is 11.2. The van der Waals surface area contributed by atoms with E-state index in [1.807, 2.05) is 4.90 Å². The van der Waals surface area contributed by atoms with Gasteiger partial charge in [0.15, 0.2) is 0 Å². The van der Waals surface area contributed by atoms with Gasteiger partial charge in [-0.25, -0.2) is 9.59 Å². The van der Waals surface area contributed by atoms with Crippen molar-refractivity contribution < 1.29 is 23.9 Å². The summed E-state index contributed by atoms with van der Waals surface area (Å²) in [5.74, 6) is 0.364. The zero-order chi connectivity index (χ0) is 22.2. The van der Waals surface area contributed by atoms with Crippen LogP contribution < -0.4 is 5.32 Å². The summed E-state index contributed by atoms with van der Waals surface area (Å²) in [7, 11) is 0. The van der Waals surface area contributed by atoms with Crippen molar-refractivity contribution in [3.63, 3.8) is 0 Å². The molecular formula is C23H33N3O5.